The summed E-state index contributed by atoms with van der Waals surface area (Å²) < 4.78 is 11.2. The molecule has 0 saturated carbocycles. The van der Waals surface area contributed by atoms with E-state index in [1.54, 1.807) is 24.3 Å². The summed E-state index contributed by atoms with van der Waals surface area (Å²) in [5, 5.41) is 1.01. The smallest absolute Gasteiger partial charge is 0.269 e. The number of nitrogens with one attached hydrogen (secondary N) is 2. The van der Waals surface area contributed by atoms with Crippen LogP contribution in [0.15, 0.2) is 36.4 Å². The second kappa shape index (κ2) is 8.82. The minimum atomic E-state index is -0.352. The van der Waals surface area contributed by atoms with Gasteiger partial charge in [-0.25, -0.2) is 0 Å². The van der Waals surface area contributed by atoms with Crippen LogP contribution < -0.4 is 15.6 Å². The molecule has 1 heterocycles. The lowest BCUT2D eigenvalue weighted by atomic mass is 10.2. The summed E-state index contributed by atoms with van der Waals surface area (Å²) in [5.41, 5.74) is 6.09. The molecule has 138 valence electrons. The van der Waals surface area contributed by atoms with Crippen molar-refractivity contribution in [1.82, 2.24) is 5.43 Å². The molecule has 0 spiro atoms. The molecule has 8 heteroatoms. The van der Waals surface area contributed by atoms with Gasteiger partial charge in [-0.3, -0.25) is 15.6 Å². The molecule has 26 heavy (non-hydrogen) atoms. The quantitative estimate of drug-likeness (QED) is 0.655. The third-order valence-corrected chi connectivity index (χ3v) is 4.68. The van der Waals surface area contributed by atoms with Gasteiger partial charge in [0.25, 0.3) is 5.91 Å². The molecule has 1 aliphatic rings. The topological polar surface area (TPSA) is 59.6 Å². The predicted octanol–water partition coefficient (Wildman–Crippen LogP) is 4.96. The average molecular weight is 416 g/mol. The molecule has 2 N–H and O–H groups in total. The maximum Gasteiger partial charge on any atom is 0.269 e. The van der Waals surface area contributed by atoms with Crippen molar-refractivity contribution in [2.45, 2.75) is 18.9 Å². The van der Waals surface area contributed by atoms with Crippen molar-refractivity contribution in [2.75, 3.05) is 18.6 Å². The van der Waals surface area contributed by atoms with Crippen molar-refractivity contribution in [3.63, 3.8) is 0 Å². The van der Waals surface area contributed by atoms with Crippen molar-refractivity contribution < 1.29 is 14.3 Å². The van der Waals surface area contributed by atoms with Crippen LogP contribution >= 0.6 is 34.8 Å². The summed E-state index contributed by atoms with van der Waals surface area (Å²) in [4.78, 5) is 12.4. The predicted molar refractivity (Wildman–Crippen MR) is 103 cm³/mol. The Morgan fingerprint density at radius 1 is 1.19 bits per heavy atom. The molecule has 0 bridgehead atoms. The highest BCUT2D eigenvalue weighted by atomic mass is 35.5. The number of amides is 1. The molecule has 0 aromatic heterocycles. The molecule has 0 radical (unpaired) electrons. The van der Waals surface area contributed by atoms with Crippen LogP contribution in [0.4, 0.5) is 5.69 Å². The van der Waals surface area contributed by atoms with Gasteiger partial charge >= 0.3 is 0 Å². The molecule has 5 nitrogen and oxygen atoms in total. The third kappa shape index (κ3) is 4.95. The monoisotopic (exact) mass is 414 g/mol. The maximum atomic E-state index is 12.4. The lowest BCUT2D eigenvalue weighted by molar-refractivity contribution is 0.0679. The van der Waals surface area contributed by atoms with Crippen LogP contribution in [0.5, 0.6) is 5.75 Å². The van der Waals surface area contributed by atoms with Gasteiger partial charge in [-0.15, -0.1) is 0 Å². The van der Waals surface area contributed by atoms with Gasteiger partial charge in [0, 0.05) is 17.2 Å². The van der Waals surface area contributed by atoms with Gasteiger partial charge in [-0.2, -0.15) is 0 Å². The second-order valence-electron chi connectivity index (χ2n) is 5.80. The Hall–Kier alpha value is -1.66. The first-order valence-corrected chi connectivity index (χ1v) is 9.21. The molecule has 1 amide bonds. The summed E-state index contributed by atoms with van der Waals surface area (Å²) in [6, 6.07) is 9.96. The fourth-order valence-electron chi connectivity index (χ4n) is 2.55. The first-order valence-electron chi connectivity index (χ1n) is 8.08. The Balaban J connectivity index is 1.60. The summed E-state index contributed by atoms with van der Waals surface area (Å²) >= 11 is 18.0. The van der Waals surface area contributed by atoms with E-state index in [9.17, 15) is 4.79 Å². The Morgan fingerprint density at radius 2 is 1.96 bits per heavy atom. The van der Waals surface area contributed by atoms with Crippen LogP contribution in [0, 0.1) is 0 Å². The standard InChI is InChI=1S/C18H17Cl3N2O3/c19-12-8-15(20)17(16(21)9-12)22-23-18(24)11-3-1-4-13(7-11)26-10-14-5-2-6-25-14/h1,3-4,7-9,14,22H,2,5-6,10H2,(H,23,24). The van der Waals surface area contributed by atoms with Crippen LogP contribution in [0.3, 0.4) is 0 Å². The molecule has 1 unspecified atom stereocenters. The Bertz CT molecular complexity index is 772. The van der Waals surface area contributed by atoms with E-state index in [2.05, 4.69) is 10.9 Å². The molecular formula is C18H17Cl3N2O3. The Labute approximate surface area is 166 Å². The number of halogens is 3. The lowest BCUT2D eigenvalue weighted by Gasteiger charge is -2.14. The van der Waals surface area contributed by atoms with E-state index in [0.29, 0.717) is 38.7 Å². The fraction of sp³-hybridized carbons (Fsp3) is 0.278. The van der Waals surface area contributed by atoms with Crippen molar-refractivity contribution in [3.8, 4) is 5.75 Å². The van der Waals surface area contributed by atoms with E-state index in [-0.39, 0.29) is 12.0 Å². The molecule has 1 saturated heterocycles. The van der Waals surface area contributed by atoms with Crippen LogP contribution in [0.25, 0.3) is 0 Å². The zero-order valence-corrected chi connectivity index (χ0v) is 16.0. The number of rotatable bonds is 6. The Kier molecular flexibility index (Phi) is 6.48. The van der Waals surface area contributed by atoms with E-state index in [0.717, 1.165) is 19.4 Å². The highest BCUT2D eigenvalue weighted by molar-refractivity contribution is 6.41. The van der Waals surface area contributed by atoms with E-state index >= 15 is 0 Å². The number of benzene rings is 2. The third-order valence-electron chi connectivity index (χ3n) is 3.86. The van der Waals surface area contributed by atoms with Crippen molar-refractivity contribution >= 4 is 46.4 Å². The lowest BCUT2D eigenvalue weighted by Crippen LogP contribution is -2.29. The highest BCUT2D eigenvalue weighted by Gasteiger charge is 2.16. The van der Waals surface area contributed by atoms with Crippen LogP contribution in [0.1, 0.15) is 23.2 Å². The fourth-order valence-corrected chi connectivity index (χ4v) is 3.46. The average Bonchev–Trinajstić information content (AvgIpc) is 3.12. The van der Waals surface area contributed by atoms with Crippen LogP contribution in [-0.4, -0.2) is 25.2 Å². The molecule has 1 aliphatic heterocycles. The van der Waals surface area contributed by atoms with E-state index in [1.165, 1.54) is 12.1 Å². The molecule has 1 fully saturated rings. The summed E-state index contributed by atoms with van der Waals surface area (Å²) in [6.07, 6.45) is 2.16. The Morgan fingerprint density at radius 3 is 2.65 bits per heavy atom. The SMILES string of the molecule is O=C(NNc1c(Cl)cc(Cl)cc1Cl)c1cccc(OCC2CCCO2)c1. The number of hydrogen-bond acceptors (Lipinski definition) is 4. The molecule has 0 aliphatic carbocycles. The minimum absolute atomic E-state index is 0.114. The summed E-state index contributed by atoms with van der Waals surface area (Å²) in [6.45, 7) is 1.25. The second-order valence-corrected chi connectivity index (χ2v) is 7.05. The van der Waals surface area contributed by atoms with E-state index in [1.807, 2.05) is 0 Å². The molecular weight excluding hydrogens is 399 g/mol. The minimum Gasteiger partial charge on any atom is -0.491 e. The number of carbonyl (C=O) groups excluding carboxylic acids is 1. The largest absolute Gasteiger partial charge is 0.491 e. The van der Waals surface area contributed by atoms with Crippen molar-refractivity contribution in [1.29, 1.82) is 0 Å². The molecule has 2 aromatic carbocycles. The van der Waals surface area contributed by atoms with Gasteiger partial charge < -0.3 is 9.47 Å². The number of anilines is 1. The summed E-state index contributed by atoms with van der Waals surface area (Å²) in [5.74, 6) is 0.255. The maximum absolute atomic E-state index is 12.4. The van der Waals surface area contributed by atoms with Gasteiger partial charge in [-0.1, -0.05) is 40.9 Å². The zero-order chi connectivity index (χ0) is 18.5. The molecule has 3 rings (SSSR count). The van der Waals surface area contributed by atoms with E-state index in [4.69, 9.17) is 44.3 Å². The number of hydrazine groups is 1. The van der Waals surface area contributed by atoms with Crippen LogP contribution in [0.2, 0.25) is 15.1 Å². The van der Waals surface area contributed by atoms with Crippen molar-refractivity contribution in [2.24, 2.45) is 0 Å². The number of carbonyl (C=O) groups is 1. The van der Waals surface area contributed by atoms with E-state index < -0.39 is 0 Å². The van der Waals surface area contributed by atoms with Gasteiger partial charge in [0.15, 0.2) is 0 Å². The van der Waals surface area contributed by atoms with Crippen LogP contribution in [-0.2, 0) is 4.74 Å². The summed E-state index contributed by atoms with van der Waals surface area (Å²) in [7, 11) is 0. The number of ether oxygens (including phenoxy) is 2. The van der Waals surface area contributed by atoms with Gasteiger partial charge in [-0.05, 0) is 43.2 Å². The highest BCUT2D eigenvalue weighted by Crippen LogP contribution is 2.33. The van der Waals surface area contributed by atoms with Gasteiger partial charge in [0.2, 0.25) is 0 Å². The molecule has 2 aromatic rings. The van der Waals surface area contributed by atoms with Crippen molar-refractivity contribution in [3.05, 3.63) is 57.0 Å². The first-order chi connectivity index (χ1) is 12.5. The zero-order valence-electron chi connectivity index (χ0n) is 13.7. The normalized spacial score (nSPS) is 16.3. The van der Waals surface area contributed by atoms with Gasteiger partial charge in [0.1, 0.15) is 12.4 Å². The molecule has 1 atom stereocenters. The number of hydrogen-bond donors (Lipinski definition) is 2. The first kappa shape index (κ1) is 19.1. The van der Waals surface area contributed by atoms with Gasteiger partial charge in [0.05, 0.1) is 21.8 Å².